The quantitative estimate of drug-likeness (QED) is 0.617. The topological polar surface area (TPSA) is 52.8 Å². The van der Waals surface area contributed by atoms with Gasteiger partial charge in [0.1, 0.15) is 21.7 Å². The second-order valence-corrected chi connectivity index (χ2v) is 7.72. The van der Waals surface area contributed by atoms with Crippen molar-refractivity contribution in [1.29, 1.82) is 0 Å². The summed E-state index contributed by atoms with van der Waals surface area (Å²) in [5.74, 6) is 2.10. The van der Waals surface area contributed by atoms with Crippen LogP contribution in [0.5, 0.6) is 11.5 Å². The summed E-state index contributed by atoms with van der Waals surface area (Å²) in [4.78, 5) is 18.7. The summed E-state index contributed by atoms with van der Waals surface area (Å²) in [6.45, 7) is 2.06. The lowest BCUT2D eigenvalue weighted by Crippen LogP contribution is -2.14. The van der Waals surface area contributed by atoms with Crippen molar-refractivity contribution in [2.75, 3.05) is 20.0 Å². The molecule has 0 aliphatic carbocycles. The molecule has 0 fully saturated rings. The van der Waals surface area contributed by atoms with Gasteiger partial charge in [0.05, 0.1) is 19.8 Å². The first-order valence-electron chi connectivity index (χ1n) is 8.12. The summed E-state index contributed by atoms with van der Waals surface area (Å²) in [6, 6.07) is 11.3. The molecule has 0 saturated heterocycles. The maximum atomic E-state index is 12.8. The Hall–Kier alpha value is -2.25. The molecule has 136 valence electrons. The lowest BCUT2D eigenvalue weighted by Gasteiger charge is -2.06. The Morgan fingerprint density at radius 1 is 1.15 bits per heavy atom. The first-order chi connectivity index (χ1) is 12.6. The molecule has 0 bridgehead atoms. The average Bonchev–Trinajstić information content (AvgIpc) is 2.98. The normalized spacial score (nSPS) is 11.8. The molecule has 5 nitrogen and oxygen atoms in total. The van der Waals surface area contributed by atoms with E-state index in [-0.39, 0.29) is 5.91 Å². The van der Waals surface area contributed by atoms with E-state index in [1.54, 1.807) is 26.0 Å². The Morgan fingerprint density at radius 3 is 2.54 bits per heavy atom. The Bertz CT molecular complexity index is 1020. The molecular formula is C19H20N2O3S2. The Labute approximate surface area is 160 Å². The minimum atomic E-state index is -0.248. The highest BCUT2D eigenvalue weighted by Gasteiger charge is 2.15. The molecule has 7 heteroatoms. The number of hydrogen-bond donors (Lipinski definition) is 0. The van der Waals surface area contributed by atoms with Crippen molar-refractivity contribution in [3.63, 3.8) is 0 Å². The highest BCUT2D eigenvalue weighted by molar-refractivity contribution is 7.99. The maximum absolute atomic E-state index is 12.8. The molecule has 1 heterocycles. The molecule has 0 radical (unpaired) electrons. The van der Waals surface area contributed by atoms with Crippen molar-refractivity contribution in [1.82, 2.24) is 4.57 Å². The number of aryl methyl sites for hydroxylation is 1. The van der Waals surface area contributed by atoms with Gasteiger partial charge in [-0.15, -0.1) is 11.8 Å². The van der Waals surface area contributed by atoms with E-state index in [1.807, 2.05) is 48.0 Å². The molecule has 0 N–H and O–H groups in total. The van der Waals surface area contributed by atoms with Crippen LogP contribution >= 0.6 is 23.1 Å². The molecule has 3 aromatic rings. The van der Waals surface area contributed by atoms with Crippen LogP contribution in [-0.4, -0.2) is 30.4 Å². The molecule has 0 atom stereocenters. The highest BCUT2D eigenvalue weighted by Crippen LogP contribution is 2.34. The van der Waals surface area contributed by atoms with Gasteiger partial charge in [-0.05, 0) is 30.0 Å². The number of hydrogen-bond acceptors (Lipinski definition) is 5. The molecule has 2 aromatic carbocycles. The van der Waals surface area contributed by atoms with Gasteiger partial charge < -0.3 is 14.0 Å². The SMILES string of the molecule is CCSc1ccccc1C(=O)N=c1sc2c(OC)ccc(OC)c2n1C. The minimum absolute atomic E-state index is 0.248. The van der Waals surface area contributed by atoms with Crippen molar-refractivity contribution < 1.29 is 14.3 Å². The molecule has 0 spiro atoms. The number of carbonyl (C=O) groups is 1. The van der Waals surface area contributed by atoms with Crippen molar-refractivity contribution in [3.05, 3.63) is 46.8 Å². The van der Waals surface area contributed by atoms with Crippen LogP contribution in [0.4, 0.5) is 0 Å². The maximum Gasteiger partial charge on any atom is 0.280 e. The number of rotatable bonds is 5. The number of fused-ring (bicyclic) bond motifs is 1. The number of benzene rings is 2. The van der Waals surface area contributed by atoms with Crippen LogP contribution < -0.4 is 14.3 Å². The van der Waals surface area contributed by atoms with E-state index in [2.05, 4.69) is 11.9 Å². The molecule has 0 aliphatic heterocycles. The molecule has 0 saturated carbocycles. The van der Waals surface area contributed by atoms with Crippen molar-refractivity contribution >= 4 is 39.2 Å². The number of thiazole rings is 1. The highest BCUT2D eigenvalue weighted by atomic mass is 32.2. The fraction of sp³-hybridized carbons (Fsp3) is 0.263. The summed E-state index contributed by atoms with van der Waals surface area (Å²) in [5.41, 5.74) is 1.48. The lowest BCUT2D eigenvalue weighted by molar-refractivity contribution is 0.0995. The summed E-state index contributed by atoms with van der Waals surface area (Å²) < 4.78 is 13.7. The zero-order chi connectivity index (χ0) is 18.7. The van der Waals surface area contributed by atoms with Gasteiger partial charge in [0.25, 0.3) is 5.91 Å². The zero-order valence-corrected chi connectivity index (χ0v) is 16.7. The van der Waals surface area contributed by atoms with E-state index in [4.69, 9.17) is 9.47 Å². The Kier molecular flexibility index (Phi) is 5.68. The number of methoxy groups -OCH3 is 2. The van der Waals surface area contributed by atoms with Gasteiger partial charge in [-0.1, -0.05) is 30.4 Å². The largest absolute Gasteiger partial charge is 0.495 e. The monoisotopic (exact) mass is 388 g/mol. The third-order valence-corrected chi connectivity index (χ3v) is 6.03. The predicted octanol–water partition coefficient (Wildman–Crippen LogP) is 4.11. The van der Waals surface area contributed by atoms with E-state index >= 15 is 0 Å². The van der Waals surface area contributed by atoms with Gasteiger partial charge in [-0.3, -0.25) is 4.79 Å². The standard InChI is InChI=1S/C19H20N2O3S2/c1-5-25-15-9-7-6-8-12(15)18(22)20-19-21(2)16-13(23-3)10-11-14(24-4)17(16)26-19/h6-11H,5H2,1-4H3. The van der Waals surface area contributed by atoms with Gasteiger partial charge in [0, 0.05) is 11.9 Å². The van der Waals surface area contributed by atoms with Gasteiger partial charge in [-0.2, -0.15) is 4.99 Å². The zero-order valence-electron chi connectivity index (χ0n) is 15.1. The second-order valence-electron chi connectivity index (χ2n) is 5.44. The van der Waals surface area contributed by atoms with E-state index in [0.717, 1.165) is 32.4 Å². The number of thioether (sulfide) groups is 1. The fourth-order valence-electron chi connectivity index (χ4n) is 2.70. The van der Waals surface area contributed by atoms with E-state index in [0.29, 0.717) is 10.4 Å². The van der Waals surface area contributed by atoms with Crippen LogP contribution in [0.2, 0.25) is 0 Å². The summed E-state index contributed by atoms with van der Waals surface area (Å²) in [7, 11) is 5.12. The molecule has 26 heavy (non-hydrogen) atoms. The second kappa shape index (κ2) is 7.97. The van der Waals surface area contributed by atoms with Crippen molar-refractivity contribution in [3.8, 4) is 11.5 Å². The Balaban J connectivity index is 2.17. The number of amides is 1. The van der Waals surface area contributed by atoms with Gasteiger partial charge in [0.2, 0.25) is 0 Å². The number of carbonyl (C=O) groups excluding carboxylic acids is 1. The molecule has 0 aliphatic rings. The first-order valence-corrected chi connectivity index (χ1v) is 9.92. The van der Waals surface area contributed by atoms with Gasteiger partial charge in [0.15, 0.2) is 4.80 Å². The smallest absolute Gasteiger partial charge is 0.280 e. The summed E-state index contributed by atoms with van der Waals surface area (Å²) >= 11 is 3.05. The van der Waals surface area contributed by atoms with Gasteiger partial charge >= 0.3 is 0 Å². The molecule has 0 unspecified atom stereocenters. The number of ether oxygens (including phenoxy) is 2. The van der Waals surface area contributed by atoms with E-state index < -0.39 is 0 Å². The van der Waals surface area contributed by atoms with Crippen LogP contribution in [0.3, 0.4) is 0 Å². The van der Waals surface area contributed by atoms with Crippen LogP contribution in [0.25, 0.3) is 10.2 Å². The van der Waals surface area contributed by atoms with Crippen LogP contribution in [-0.2, 0) is 7.05 Å². The predicted molar refractivity (Wildman–Crippen MR) is 107 cm³/mol. The summed E-state index contributed by atoms with van der Waals surface area (Å²) in [5, 5.41) is 0. The average molecular weight is 389 g/mol. The van der Waals surface area contributed by atoms with Crippen LogP contribution in [0.1, 0.15) is 17.3 Å². The number of nitrogens with zero attached hydrogens (tertiary/aromatic N) is 2. The molecule has 3 rings (SSSR count). The van der Waals surface area contributed by atoms with Gasteiger partial charge in [-0.25, -0.2) is 0 Å². The van der Waals surface area contributed by atoms with E-state index in [9.17, 15) is 4.79 Å². The van der Waals surface area contributed by atoms with Crippen molar-refractivity contribution in [2.24, 2.45) is 12.0 Å². The van der Waals surface area contributed by atoms with Crippen LogP contribution in [0, 0.1) is 0 Å². The third kappa shape index (κ3) is 3.37. The Morgan fingerprint density at radius 2 is 1.85 bits per heavy atom. The van der Waals surface area contributed by atoms with Crippen molar-refractivity contribution in [2.45, 2.75) is 11.8 Å². The first kappa shape index (κ1) is 18.5. The minimum Gasteiger partial charge on any atom is -0.495 e. The number of aromatic nitrogens is 1. The molecule has 1 aromatic heterocycles. The fourth-order valence-corrected chi connectivity index (χ4v) is 4.62. The third-order valence-electron chi connectivity index (χ3n) is 3.93. The lowest BCUT2D eigenvalue weighted by atomic mass is 10.2. The summed E-state index contributed by atoms with van der Waals surface area (Å²) in [6.07, 6.45) is 0. The molecular weight excluding hydrogens is 368 g/mol. The van der Waals surface area contributed by atoms with Crippen LogP contribution in [0.15, 0.2) is 46.3 Å². The van der Waals surface area contributed by atoms with E-state index in [1.165, 1.54) is 11.3 Å². The molecule has 1 amide bonds.